The maximum absolute atomic E-state index is 13.7. The van der Waals surface area contributed by atoms with Gasteiger partial charge in [-0.3, -0.25) is 9.59 Å². The van der Waals surface area contributed by atoms with E-state index in [2.05, 4.69) is 24.5 Å². The summed E-state index contributed by atoms with van der Waals surface area (Å²) >= 11 is 0. The molecule has 88 heavy (non-hydrogen) atoms. The number of aliphatic carboxylic acids is 1. The smallest absolute Gasteiger partial charge is 0.310 e. The number of hydrogen-bond acceptors (Lipinski definition) is 32. The molecule has 1 amide bonds. The van der Waals surface area contributed by atoms with E-state index in [1.165, 1.54) is 0 Å². The fourth-order valence-corrected chi connectivity index (χ4v) is 18.1. The second-order valence-corrected chi connectivity index (χ2v) is 26.0. The predicted molar refractivity (Wildman–Crippen MR) is 276 cm³/mol. The van der Waals surface area contributed by atoms with E-state index in [-0.39, 0.29) is 41.0 Å². The van der Waals surface area contributed by atoms with Crippen LogP contribution >= 0.6 is 0 Å². The van der Waals surface area contributed by atoms with Crippen molar-refractivity contribution in [3.05, 3.63) is 0 Å². The largest absolute Gasteiger partial charge is 0.481 e. The minimum Gasteiger partial charge on any atom is -0.481 e. The molecule has 0 aromatic carbocycles. The number of carboxylic acids is 1. The first-order chi connectivity index (χ1) is 41.9. The van der Waals surface area contributed by atoms with Crippen LogP contribution in [0.4, 0.5) is 0 Å². The fraction of sp³-hybridized carbons (Fsp3) is 0.963. The third kappa shape index (κ3) is 9.19. The molecule has 0 aromatic heterocycles. The molecule has 12 bridgehead atoms. The molecule has 502 valence electrons. The molecule has 22 saturated heterocycles. The van der Waals surface area contributed by atoms with Crippen molar-refractivity contribution in [1.82, 2.24) is 10.6 Å². The van der Waals surface area contributed by atoms with Gasteiger partial charge in [-0.05, 0) is 53.9 Å². The molecule has 0 unspecified atom stereocenters. The monoisotopic (exact) mass is 1270 g/mol. The van der Waals surface area contributed by atoms with Crippen LogP contribution in [-0.4, -0.2) is 341 Å². The van der Waals surface area contributed by atoms with Gasteiger partial charge in [0.15, 0.2) is 37.7 Å². The van der Waals surface area contributed by atoms with E-state index in [0.29, 0.717) is 44.7 Å². The number of carbonyl (C=O) groups is 2. The van der Waals surface area contributed by atoms with Crippen LogP contribution in [0.15, 0.2) is 0 Å². The van der Waals surface area contributed by atoms with Crippen LogP contribution in [0.5, 0.6) is 0 Å². The van der Waals surface area contributed by atoms with Gasteiger partial charge >= 0.3 is 5.97 Å². The Kier molecular flexibility index (Phi) is 18.3. The summed E-state index contributed by atoms with van der Waals surface area (Å²) in [5.41, 5.74) is -1.62. The number of aliphatic hydroxyl groups is 17. The SMILES string of the molecule is C[C@]12[C@H]3[C@H]4[C@@H]5[C@@]3(C(=O)O)[C@@H]1[C@]5(C(=O)NCCCCCCNC[C@H]1O[C@@H]3O[C@H]5[C@H](O)[C@@H](O)[C@@H](O[C@H]6[C@H](O)[C@@H](O)[C@@H](O[C@H]7[C@H](O)[C@@H](O)[C@@H](O[C@H]8[C@H](O)[C@@H](O)[C@@H](O[C@H]9[C@H](O)[C@@H](O)[C@@H](O[C@H]1[C@H](O)[C@H]3O)O[C@@H]9CO)O[C@@H]8CO)O[C@@H]7CO)O[C@@H]6CO)O[C@@H]5CO)[C@@]42C. The number of ether oxygens (including phenoxy) is 12. The minimum absolute atomic E-state index is 0.0677. The lowest BCUT2D eigenvalue weighted by atomic mass is 8.84. The van der Waals surface area contributed by atoms with Gasteiger partial charge in [0.2, 0.25) is 5.91 Å². The van der Waals surface area contributed by atoms with E-state index in [1.54, 1.807) is 0 Å². The Labute approximate surface area is 501 Å². The van der Waals surface area contributed by atoms with Crippen LogP contribution in [-0.2, 0) is 66.4 Å². The summed E-state index contributed by atoms with van der Waals surface area (Å²) in [5, 5.41) is 207. The highest BCUT2D eigenvalue weighted by atomic mass is 16.8. The number of carboxylic acid groups (broad SMARTS) is 1. The highest BCUT2D eigenvalue weighted by Crippen LogP contribution is 3.18. The van der Waals surface area contributed by atoms with Crippen LogP contribution in [0.3, 0.4) is 0 Å². The van der Waals surface area contributed by atoms with E-state index in [9.17, 15) is 102 Å². The number of amides is 1. The van der Waals surface area contributed by atoms with Gasteiger partial charge in [-0.25, -0.2) is 0 Å². The summed E-state index contributed by atoms with van der Waals surface area (Å²) < 4.78 is 70.2. The zero-order valence-corrected chi connectivity index (χ0v) is 47.9. The molecule has 34 heteroatoms. The second-order valence-electron chi connectivity index (χ2n) is 26.0. The van der Waals surface area contributed by atoms with Crippen LogP contribution in [0.25, 0.3) is 0 Å². The summed E-state index contributed by atoms with van der Waals surface area (Å²) in [7, 11) is 0. The van der Waals surface area contributed by atoms with Crippen molar-refractivity contribution < 1.29 is 158 Å². The van der Waals surface area contributed by atoms with Gasteiger partial charge in [-0.1, -0.05) is 26.7 Å². The molecule has 34 nitrogen and oxygen atoms in total. The van der Waals surface area contributed by atoms with Crippen LogP contribution in [0.2, 0.25) is 0 Å². The lowest BCUT2D eigenvalue weighted by Crippen LogP contribution is -3.19. The van der Waals surface area contributed by atoms with Gasteiger partial charge in [0.25, 0.3) is 0 Å². The standard InChI is InChI=1S/C54H84N2O32/c1-51-40-21-41-53(40,50(75)76)48(51)54(41,52(21,51)2)49(74)56-8-6-4-3-5-7-55-9-15-34-22(62)28(68)42(77-15)84-35-16(10-57)79-44(30(70)24(35)64)86-37-18(12-59)81-46(32(72)26(37)66)88-39-20(14-61)82-47(33(73)27(39)67)87-38-19(13-60)80-45(31(71)25(38)65)85-36-17(11-58)78-43(83-34)29(69)23(36)63/h15-48,55,57-73H,3-14H2,1-2H3,(H,56,74)(H,75,76)/t15-,16-,17-,18-,19-,20-,21+,22-,23-,24-,25-,26-,27-,28-,29-,30-,31-,32-,33-,34-,35-,36-,37-,38-,39-,40-,41-,42-,43-,44-,45-,46-,47-,48-,51+,52+,53-,54-/m1/s1. The first-order valence-corrected chi connectivity index (χ1v) is 30.2. The topological polar surface area (TPSA) is 533 Å². The molecule has 0 aromatic rings. The van der Waals surface area contributed by atoms with Crippen molar-refractivity contribution in [1.29, 1.82) is 0 Å². The summed E-state index contributed by atoms with van der Waals surface area (Å²) in [6, 6.07) is 0. The van der Waals surface area contributed by atoms with Gasteiger partial charge in [0, 0.05) is 13.1 Å². The number of aliphatic hydroxyl groups excluding tert-OH is 17. The molecule has 0 radical (unpaired) electrons. The van der Waals surface area contributed by atoms with E-state index in [4.69, 9.17) is 56.8 Å². The lowest BCUT2D eigenvalue weighted by molar-refractivity contribution is -0.705. The van der Waals surface area contributed by atoms with Crippen molar-refractivity contribution >= 4 is 11.9 Å². The van der Waals surface area contributed by atoms with Crippen molar-refractivity contribution in [2.45, 2.75) is 224 Å². The highest BCUT2D eigenvalue weighted by molar-refractivity contribution is 6.01. The van der Waals surface area contributed by atoms with Gasteiger partial charge in [0.05, 0.1) is 43.9 Å². The van der Waals surface area contributed by atoms with Crippen LogP contribution in [0, 0.1) is 45.3 Å². The summed E-state index contributed by atoms with van der Waals surface area (Å²) in [5.74, 6) is -0.643. The summed E-state index contributed by atoms with van der Waals surface area (Å²) in [4.78, 5) is 26.0. The number of carbonyl (C=O) groups excluding carboxylic acids is 1. The molecule has 6 aliphatic carbocycles. The van der Waals surface area contributed by atoms with Crippen molar-refractivity contribution in [3.8, 4) is 0 Å². The first-order valence-electron chi connectivity index (χ1n) is 30.2. The van der Waals surface area contributed by atoms with Crippen LogP contribution < -0.4 is 10.6 Å². The normalized spacial score (nSPS) is 56.7. The van der Waals surface area contributed by atoms with Gasteiger partial charge < -0.3 is 159 Å². The Morgan fingerprint density at radius 1 is 0.386 bits per heavy atom. The van der Waals surface area contributed by atoms with Crippen molar-refractivity contribution in [2.24, 2.45) is 45.3 Å². The van der Waals surface area contributed by atoms with Crippen LogP contribution in [0.1, 0.15) is 39.5 Å². The second kappa shape index (κ2) is 24.5. The van der Waals surface area contributed by atoms with E-state index in [1.807, 2.05) is 0 Å². The number of nitrogens with one attached hydrogen (secondary N) is 2. The molecule has 22 heterocycles. The molecule has 28 aliphatic rings. The number of unbranched alkanes of at least 4 members (excludes halogenated alkanes) is 3. The number of rotatable bonds is 16. The molecule has 38 atom stereocenters. The molecule has 22 aliphatic heterocycles. The highest BCUT2D eigenvalue weighted by Gasteiger charge is 3.21. The molecule has 0 spiro atoms. The third-order valence-electron chi connectivity index (χ3n) is 22.2. The average Bonchev–Trinajstić information content (AvgIpc) is 0.529. The Bertz CT molecular complexity index is 2490. The van der Waals surface area contributed by atoms with E-state index < -0.39 is 234 Å². The van der Waals surface area contributed by atoms with Crippen molar-refractivity contribution in [2.75, 3.05) is 52.7 Å². The maximum Gasteiger partial charge on any atom is 0.310 e. The predicted octanol–water partition coefficient (Wildman–Crippen LogP) is -11.2. The maximum atomic E-state index is 13.7. The molecular weight excluding hydrogens is 1190 g/mol. The van der Waals surface area contributed by atoms with Gasteiger partial charge in [-0.2, -0.15) is 0 Å². The lowest BCUT2D eigenvalue weighted by Gasteiger charge is -3.16. The van der Waals surface area contributed by atoms with E-state index in [0.717, 1.165) is 0 Å². The fourth-order valence-electron chi connectivity index (χ4n) is 18.1. The first kappa shape index (κ1) is 65.8. The van der Waals surface area contributed by atoms with Crippen molar-refractivity contribution in [3.63, 3.8) is 0 Å². The quantitative estimate of drug-likeness (QED) is 0.0638. The Morgan fingerprint density at radius 3 is 0.977 bits per heavy atom. The third-order valence-corrected chi connectivity index (χ3v) is 22.2. The molecular formula is C54H84N2O32. The molecule has 20 N–H and O–H groups in total. The summed E-state index contributed by atoms with van der Waals surface area (Å²) in [6.07, 6.45) is -55.7. The zero-order valence-electron chi connectivity index (χ0n) is 47.9. The zero-order chi connectivity index (χ0) is 63.2. The Hall–Kier alpha value is -2.26. The van der Waals surface area contributed by atoms with E-state index >= 15 is 0 Å². The minimum atomic E-state index is -2.16. The van der Waals surface area contributed by atoms with Gasteiger partial charge in [0.1, 0.15) is 146 Å². The molecule has 28 rings (SSSR count). The molecule has 28 fully saturated rings. The summed E-state index contributed by atoms with van der Waals surface area (Å²) in [6.45, 7) is -0.283. The number of hydrogen-bond donors (Lipinski definition) is 20. The Morgan fingerprint density at radius 2 is 0.682 bits per heavy atom. The van der Waals surface area contributed by atoms with Gasteiger partial charge in [-0.15, -0.1) is 0 Å². The molecule has 6 saturated carbocycles. The average molecular weight is 1270 g/mol. The Balaban J connectivity index is 0.744.